The maximum atomic E-state index is 12.3. The topological polar surface area (TPSA) is 137 Å². The molecule has 0 radical (unpaired) electrons. The molecular weight excluding hydrogens is 416 g/mol. The minimum Gasteiger partial charge on any atom is -0.508 e. The van der Waals surface area contributed by atoms with E-state index in [9.17, 15) is 30.3 Å². The van der Waals surface area contributed by atoms with Crippen molar-refractivity contribution in [3.8, 4) is 34.5 Å². The van der Waals surface area contributed by atoms with Crippen molar-refractivity contribution in [3.63, 3.8) is 0 Å². The van der Waals surface area contributed by atoms with Crippen LogP contribution in [-0.4, -0.2) is 37.6 Å². The van der Waals surface area contributed by atoms with E-state index in [1.54, 1.807) is 12.1 Å². The highest BCUT2D eigenvalue weighted by atomic mass is 16.5. The van der Waals surface area contributed by atoms with Crippen LogP contribution in [0.25, 0.3) is 0 Å². The number of hydrogen-bond donors (Lipinski definition) is 5. The van der Waals surface area contributed by atoms with Gasteiger partial charge in [-0.15, -0.1) is 0 Å². The van der Waals surface area contributed by atoms with Crippen LogP contribution in [0.3, 0.4) is 0 Å². The number of esters is 1. The molecule has 3 atom stereocenters. The fraction of sp³-hybridized carbons (Fsp3) is 0.208. The third-order valence-corrected chi connectivity index (χ3v) is 5.94. The van der Waals surface area contributed by atoms with Gasteiger partial charge in [-0.25, -0.2) is 0 Å². The molecule has 8 heteroatoms. The van der Waals surface area contributed by atoms with Gasteiger partial charge in [-0.2, -0.15) is 0 Å². The number of carbonyl (C=O) groups excluding carboxylic acids is 1. The third kappa shape index (κ3) is 3.25. The molecule has 1 unspecified atom stereocenters. The maximum absolute atomic E-state index is 12.3. The summed E-state index contributed by atoms with van der Waals surface area (Å²) in [6.45, 7) is 0. The molecule has 0 bridgehead atoms. The average Bonchev–Trinajstić information content (AvgIpc) is 2.75. The molecule has 8 nitrogen and oxygen atoms in total. The Bertz CT molecular complexity index is 1220. The lowest BCUT2D eigenvalue weighted by molar-refractivity contribution is -0.135. The Balaban J connectivity index is 1.65. The number of aromatic hydroxyl groups is 4. The molecule has 0 spiro atoms. The van der Waals surface area contributed by atoms with E-state index < -0.39 is 24.1 Å². The number of rotatable bonds is 2. The van der Waals surface area contributed by atoms with Gasteiger partial charge in [0.1, 0.15) is 29.1 Å². The summed E-state index contributed by atoms with van der Waals surface area (Å²) in [5.41, 5.74) is 2.13. The fourth-order valence-electron chi connectivity index (χ4n) is 4.38. The van der Waals surface area contributed by atoms with Crippen molar-refractivity contribution in [2.75, 3.05) is 0 Å². The number of benzene rings is 3. The highest BCUT2D eigenvalue weighted by Gasteiger charge is 2.40. The Morgan fingerprint density at radius 3 is 2.25 bits per heavy atom. The smallest absolute Gasteiger partial charge is 0.312 e. The van der Waals surface area contributed by atoms with Crippen molar-refractivity contribution in [1.29, 1.82) is 0 Å². The van der Waals surface area contributed by atoms with Gasteiger partial charge in [0.2, 0.25) is 0 Å². The quantitative estimate of drug-likeness (QED) is 0.235. The number of phenols is 4. The van der Waals surface area contributed by atoms with Crippen LogP contribution in [0.15, 0.2) is 48.5 Å². The number of carbonyl (C=O) groups is 1. The summed E-state index contributed by atoms with van der Waals surface area (Å²) >= 11 is 0. The number of aliphatic hydroxyl groups excluding tert-OH is 1. The maximum Gasteiger partial charge on any atom is 0.312 e. The van der Waals surface area contributed by atoms with Gasteiger partial charge in [0.25, 0.3) is 0 Å². The summed E-state index contributed by atoms with van der Waals surface area (Å²) in [7, 11) is 0. The summed E-state index contributed by atoms with van der Waals surface area (Å²) in [4.78, 5) is 12.3. The summed E-state index contributed by atoms with van der Waals surface area (Å²) in [5.74, 6) is -1.17. The first kappa shape index (κ1) is 20.0. The average molecular weight is 436 g/mol. The molecule has 3 aromatic rings. The molecule has 0 amide bonds. The normalized spacial score (nSPS) is 21.8. The number of phenolic OH excluding ortho intramolecular Hbond substituents is 4. The molecule has 5 rings (SSSR count). The lowest BCUT2D eigenvalue weighted by Crippen LogP contribution is -2.32. The van der Waals surface area contributed by atoms with E-state index in [1.165, 1.54) is 36.4 Å². The summed E-state index contributed by atoms with van der Waals surface area (Å²) < 4.78 is 11.6. The Kier molecular flexibility index (Phi) is 4.60. The lowest BCUT2D eigenvalue weighted by Gasteiger charge is -2.36. The van der Waals surface area contributed by atoms with Crippen LogP contribution in [0.2, 0.25) is 0 Å². The van der Waals surface area contributed by atoms with Gasteiger partial charge < -0.3 is 35.0 Å². The standard InChI is InChI=1S/C24H20O8/c25-13-4-1-11(2-5-13)14-9-21(30)31-20-10-17(27)15-8-19(29)23(32-24(15)22(14)20)12-3-6-16(26)18(28)7-12/h1-7,10,14,19,23,25-29H,8-9H2/t14?,19-,23-/m1/s1. The van der Waals surface area contributed by atoms with Crippen LogP contribution in [0, 0.1) is 0 Å². The van der Waals surface area contributed by atoms with Crippen molar-refractivity contribution in [1.82, 2.24) is 0 Å². The SMILES string of the molecule is O=C1CC(c2ccc(O)cc2)c2c(cc(O)c3c2O[C@H](c2ccc(O)c(O)c2)[C@H](O)C3)O1. The molecule has 3 aromatic carbocycles. The molecule has 32 heavy (non-hydrogen) atoms. The molecule has 164 valence electrons. The predicted octanol–water partition coefficient (Wildman–Crippen LogP) is 2.99. The van der Waals surface area contributed by atoms with E-state index in [0.717, 1.165) is 5.56 Å². The van der Waals surface area contributed by atoms with Gasteiger partial charge in [-0.05, 0) is 35.4 Å². The van der Waals surface area contributed by atoms with Crippen molar-refractivity contribution in [2.24, 2.45) is 0 Å². The first-order chi connectivity index (χ1) is 15.3. The minimum atomic E-state index is -1.03. The van der Waals surface area contributed by atoms with E-state index in [-0.39, 0.29) is 41.6 Å². The van der Waals surface area contributed by atoms with Crippen molar-refractivity contribution < 1.29 is 39.8 Å². The van der Waals surface area contributed by atoms with E-state index in [2.05, 4.69) is 0 Å². The summed E-state index contributed by atoms with van der Waals surface area (Å²) in [5, 5.41) is 50.4. The zero-order valence-electron chi connectivity index (χ0n) is 16.7. The first-order valence-corrected chi connectivity index (χ1v) is 10.1. The molecular formula is C24H20O8. The van der Waals surface area contributed by atoms with Gasteiger partial charge in [0.05, 0.1) is 12.5 Å². The monoisotopic (exact) mass is 436 g/mol. The summed E-state index contributed by atoms with van der Waals surface area (Å²) in [6, 6.07) is 11.9. The fourth-order valence-corrected chi connectivity index (χ4v) is 4.38. The van der Waals surface area contributed by atoms with Crippen molar-refractivity contribution >= 4 is 5.97 Å². The molecule has 0 aromatic heterocycles. The van der Waals surface area contributed by atoms with E-state index in [1.807, 2.05) is 0 Å². The Morgan fingerprint density at radius 2 is 1.53 bits per heavy atom. The Hall–Kier alpha value is -3.91. The second kappa shape index (κ2) is 7.35. The lowest BCUT2D eigenvalue weighted by atomic mass is 9.82. The van der Waals surface area contributed by atoms with Gasteiger partial charge in [0, 0.05) is 29.5 Å². The van der Waals surface area contributed by atoms with Gasteiger partial charge in [-0.1, -0.05) is 18.2 Å². The van der Waals surface area contributed by atoms with Crippen LogP contribution in [0.4, 0.5) is 0 Å². The van der Waals surface area contributed by atoms with E-state index >= 15 is 0 Å². The molecule has 0 saturated heterocycles. The Labute approximate surface area is 182 Å². The van der Waals surface area contributed by atoms with E-state index in [0.29, 0.717) is 22.4 Å². The van der Waals surface area contributed by atoms with Crippen molar-refractivity contribution in [2.45, 2.75) is 31.0 Å². The molecule has 5 N–H and O–H groups in total. The number of aliphatic hydroxyl groups is 1. The Morgan fingerprint density at radius 1 is 0.812 bits per heavy atom. The van der Waals surface area contributed by atoms with Gasteiger partial charge in [-0.3, -0.25) is 4.79 Å². The van der Waals surface area contributed by atoms with Crippen LogP contribution in [-0.2, 0) is 11.2 Å². The molecule has 0 aliphatic carbocycles. The number of ether oxygens (including phenoxy) is 2. The second-order valence-corrected chi connectivity index (χ2v) is 8.00. The highest BCUT2D eigenvalue weighted by molar-refractivity contribution is 5.80. The minimum absolute atomic E-state index is 0.0333. The zero-order chi connectivity index (χ0) is 22.6. The van der Waals surface area contributed by atoms with E-state index in [4.69, 9.17) is 9.47 Å². The van der Waals surface area contributed by atoms with Gasteiger partial charge >= 0.3 is 5.97 Å². The molecule has 2 heterocycles. The van der Waals surface area contributed by atoms with Gasteiger partial charge in [0.15, 0.2) is 11.5 Å². The highest BCUT2D eigenvalue weighted by Crippen LogP contribution is 2.52. The van der Waals surface area contributed by atoms with Crippen LogP contribution >= 0.6 is 0 Å². The van der Waals surface area contributed by atoms with Crippen molar-refractivity contribution in [3.05, 3.63) is 70.8 Å². The number of hydrogen-bond acceptors (Lipinski definition) is 8. The molecule has 2 aliphatic heterocycles. The number of fused-ring (bicyclic) bond motifs is 3. The van der Waals surface area contributed by atoms with Crippen LogP contribution in [0.5, 0.6) is 34.5 Å². The first-order valence-electron chi connectivity index (χ1n) is 10.1. The molecule has 0 saturated carbocycles. The third-order valence-electron chi connectivity index (χ3n) is 5.94. The second-order valence-electron chi connectivity index (χ2n) is 8.00. The largest absolute Gasteiger partial charge is 0.508 e. The molecule has 2 aliphatic rings. The van der Waals surface area contributed by atoms with Crippen LogP contribution in [0.1, 0.15) is 40.7 Å². The van der Waals surface area contributed by atoms with Crippen LogP contribution < -0.4 is 9.47 Å². The summed E-state index contributed by atoms with van der Waals surface area (Å²) in [6.07, 6.45) is -1.82. The zero-order valence-corrected chi connectivity index (χ0v) is 16.7. The molecule has 0 fully saturated rings. The predicted molar refractivity (Wildman–Crippen MR) is 111 cm³/mol.